The number of hydrogen-bond acceptors (Lipinski definition) is 0. The van der Waals surface area contributed by atoms with Crippen LogP contribution in [0, 0.1) is 0 Å². The second-order valence-corrected chi connectivity index (χ2v) is 65.6. The summed E-state index contributed by atoms with van der Waals surface area (Å²) in [5.41, 5.74) is 53.2. The number of halogens is 3. The van der Waals surface area contributed by atoms with Crippen LogP contribution in [0.5, 0.6) is 0 Å². The number of allylic oxidation sites excluding steroid dienone is 4. The molecule has 0 bridgehead atoms. The van der Waals surface area contributed by atoms with Gasteiger partial charge in [0.2, 0.25) is 0 Å². The van der Waals surface area contributed by atoms with Crippen LogP contribution in [-0.2, 0) is 20.4 Å². The molecule has 0 nitrogen and oxygen atoms in total. The molecule has 3 aromatic rings. The van der Waals surface area contributed by atoms with Crippen molar-refractivity contribution >= 4 is 195 Å². The monoisotopic (exact) mass is 1470 g/mol. The van der Waals surface area contributed by atoms with E-state index < -0.39 is 140 Å². The van der Waals surface area contributed by atoms with Gasteiger partial charge in [0.25, 0.3) is 0 Å². The van der Waals surface area contributed by atoms with Crippen molar-refractivity contribution in [3.05, 3.63) is 57.0 Å². The van der Waals surface area contributed by atoms with Gasteiger partial charge in [-0.2, -0.15) is 0 Å². The van der Waals surface area contributed by atoms with Crippen molar-refractivity contribution in [2.45, 2.75) is 136 Å². The van der Waals surface area contributed by atoms with Gasteiger partial charge in [0, 0.05) is 0 Å². The SMILES string of the molecule is CC1=C(C)C(C)([Si](c2c([As](C)C)cc([As](C)C)cc2[As](C)C)(c2c([As](C)C)cc([As](C)C)cc2[As](C)C)c2c([As](C)C)cc([As](C)C)cc2[As](C)C)[C]([Ti+3])=C1C.[Cl-].[Cl-].[Cl-]. The fourth-order valence-corrected chi connectivity index (χ4v) is 51.1. The van der Waals surface area contributed by atoms with Crippen LogP contribution in [0.2, 0.25) is 108 Å². The topological polar surface area (TPSA) is 0 Å². The second kappa shape index (κ2) is 24.5. The van der Waals surface area contributed by atoms with Crippen LogP contribution in [0.1, 0.15) is 27.7 Å². The number of hydrogen-bond donors (Lipinski definition) is 0. The Morgan fingerprint density at radius 1 is 0.373 bits per heavy atom. The Labute approximate surface area is 437 Å². The van der Waals surface area contributed by atoms with Crippen molar-refractivity contribution in [3.63, 3.8) is 0 Å². The smallest absolute Gasteiger partial charge is 1.00 e. The zero-order chi connectivity index (χ0) is 42.7. The maximum absolute atomic E-state index is 2.99. The van der Waals surface area contributed by atoms with Crippen molar-refractivity contribution in [2.24, 2.45) is 0 Å². The second-order valence-electron chi connectivity index (χ2n) is 17.8. The van der Waals surface area contributed by atoms with Crippen LogP contribution in [0.3, 0.4) is 0 Å². The summed E-state index contributed by atoms with van der Waals surface area (Å²) in [7, 11) is -2.99. The molecular weight excluding hydrogens is 1400 g/mol. The minimum absolute atomic E-state index is 0. The van der Waals surface area contributed by atoms with E-state index in [2.05, 4.69) is 187 Å². The van der Waals surface area contributed by atoms with Crippen molar-refractivity contribution in [3.8, 4) is 0 Å². The van der Waals surface area contributed by atoms with Crippen molar-refractivity contribution in [2.75, 3.05) is 0 Å². The van der Waals surface area contributed by atoms with E-state index in [1.165, 1.54) is 0 Å². The van der Waals surface area contributed by atoms with Crippen molar-refractivity contribution < 1.29 is 57.7 Å². The van der Waals surface area contributed by atoms with Crippen molar-refractivity contribution in [1.82, 2.24) is 0 Å². The predicted octanol–water partition coefficient (Wildman–Crippen LogP) is -4.25. The van der Waals surface area contributed by atoms with E-state index in [1.807, 2.05) is 41.7 Å². The van der Waals surface area contributed by atoms with E-state index in [0.29, 0.717) is 0 Å². The van der Waals surface area contributed by atoms with Crippen LogP contribution in [0.4, 0.5) is 0 Å². The van der Waals surface area contributed by atoms with Gasteiger partial charge in [0.1, 0.15) is 0 Å². The number of benzene rings is 3. The van der Waals surface area contributed by atoms with Crippen LogP contribution in [0.25, 0.3) is 0 Å². The van der Waals surface area contributed by atoms with E-state index in [-0.39, 0.29) is 42.3 Å². The summed E-state index contributed by atoms with van der Waals surface area (Å²) in [6.45, 7) is 10.5. The van der Waals surface area contributed by atoms with E-state index in [4.69, 9.17) is 0 Å². The third kappa shape index (κ3) is 11.5. The molecule has 1 atom stereocenters. The molecular formula is C45H72As9Cl3SiTi. The average Bonchev–Trinajstić information content (AvgIpc) is 3.26. The third-order valence-electron chi connectivity index (χ3n) is 12.3. The van der Waals surface area contributed by atoms with Gasteiger partial charge in [-0.05, 0) is 0 Å². The van der Waals surface area contributed by atoms with Gasteiger partial charge in [-0.3, -0.25) is 0 Å². The summed E-state index contributed by atoms with van der Waals surface area (Å²) in [6, 6.07) is 17.4. The minimum Gasteiger partial charge on any atom is -1.00 e. The number of rotatable bonds is 13. The maximum atomic E-state index is 2.90. The van der Waals surface area contributed by atoms with Gasteiger partial charge in [0.15, 0.2) is 0 Å². The largest absolute Gasteiger partial charge is 1.00 e. The van der Waals surface area contributed by atoms with Gasteiger partial charge in [-0.15, -0.1) is 0 Å². The zero-order valence-corrected chi connectivity index (χ0v) is 61.8. The fraction of sp³-hybridized carbons (Fsp3) is 0.511. The van der Waals surface area contributed by atoms with Crippen LogP contribution in [-0.4, -0.2) is 140 Å². The van der Waals surface area contributed by atoms with E-state index in [0.717, 1.165) is 0 Å². The van der Waals surface area contributed by atoms with Crippen LogP contribution >= 0.6 is 0 Å². The Kier molecular flexibility index (Phi) is 25.3. The Balaban J connectivity index is 0.00000580. The Morgan fingerprint density at radius 2 is 0.576 bits per heavy atom. The quantitative estimate of drug-likeness (QED) is 0.121. The third-order valence-corrected chi connectivity index (χ3v) is 47.5. The Hall–Kier alpha value is 3.97. The molecule has 0 heterocycles. The summed E-state index contributed by atoms with van der Waals surface area (Å²) in [6.07, 6.45) is 0. The first kappa shape index (κ1) is 61.0. The van der Waals surface area contributed by atoms with Crippen LogP contribution < -0.4 is 91.9 Å². The molecule has 326 valence electrons. The molecule has 0 spiro atoms. The summed E-state index contributed by atoms with van der Waals surface area (Å²) >= 11 is -9.05. The van der Waals surface area contributed by atoms with Gasteiger partial charge in [-0.1, -0.05) is 0 Å². The maximum Gasteiger partial charge on any atom is -1.00 e. The van der Waals surface area contributed by atoms with Gasteiger partial charge < -0.3 is 37.2 Å². The molecule has 0 saturated heterocycles. The molecule has 1 unspecified atom stereocenters. The molecule has 0 aromatic heterocycles. The Bertz CT molecular complexity index is 1750. The molecule has 0 fully saturated rings. The van der Waals surface area contributed by atoms with Crippen LogP contribution in [0.15, 0.2) is 57.0 Å². The molecule has 1 aliphatic rings. The first-order chi connectivity index (χ1) is 25.8. The normalized spacial score (nSPS) is 16.3. The average molecular weight is 1470 g/mol. The molecule has 14 heteroatoms. The molecule has 0 radical (unpaired) electrons. The molecule has 0 aliphatic heterocycles. The molecule has 59 heavy (non-hydrogen) atoms. The van der Waals surface area contributed by atoms with E-state index in [9.17, 15) is 0 Å². The summed E-state index contributed by atoms with van der Waals surface area (Å²) in [5, 5.41) is 5.93. The first-order valence-corrected chi connectivity index (χ1v) is 64.5. The van der Waals surface area contributed by atoms with Gasteiger partial charge >= 0.3 is 408 Å². The predicted molar refractivity (Wildman–Crippen MR) is 277 cm³/mol. The fourth-order valence-electron chi connectivity index (χ4n) is 8.84. The zero-order valence-electron chi connectivity index (χ0n) is 40.1. The van der Waals surface area contributed by atoms with Gasteiger partial charge in [-0.25, -0.2) is 0 Å². The molecule has 4 rings (SSSR count). The van der Waals surface area contributed by atoms with E-state index in [1.54, 1.807) is 33.7 Å². The molecule has 1 aliphatic carbocycles. The van der Waals surface area contributed by atoms with Gasteiger partial charge in [0.05, 0.1) is 0 Å². The summed E-state index contributed by atoms with van der Waals surface area (Å²) < 4.78 is 18.3. The molecule has 3 aromatic carbocycles. The van der Waals surface area contributed by atoms with Crippen molar-refractivity contribution in [1.29, 1.82) is 0 Å². The summed E-state index contributed by atoms with van der Waals surface area (Å²) in [5.74, 6) is 0. The summed E-state index contributed by atoms with van der Waals surface area (Å²) in [4.78, 5) is 0. The Morgan fingerprint density at radius 3 is 0.712 bits per heavy atom. The molecule has 0 saturated carbocycles. The molecule has 0 N–H and O–H groups in total. The van der Waals surface area contributed by atoms with E-state index >= 15 is 0 Å². The standard InChI is InChI=1S/C45H72As9Si.3ClH.Ti/c1-30-29-45(4,32(3)31(30)2)55(42-36(49(11)12)23-33(46(5)6)24-37(42)50(13)14,43-38(51(15)16)25-34(47(7)8)26-39(43)52(17)18)44-40(53(19)20)27-35(48(9)10)28-41(44)54(21)22;;;;/h23-28H,1-22H3;3*1H;/q;;;;+3/p-3. The molecule has 0 amide bonds. The first-order valence-electron chi connectivity index (χ1n) is 19.5. The minimum atomic E-state index is -2.99.